The zero-order valence-electron chi connectivity index (χ0n) is 17.3. The van der Waals surface area contributed by atoms with Crippen LogP contribution in [-0.4, -0.2) is 23.3 Å². The van der Waals surface area contributed by atoms with Gasteiger partial charge in [-0.05, 0) is 60.9 Å². The van der Waals surface area contributed by atoms with Crippen LogP contribution in [0.5, 0.6) is 0 Å². The zero-order valence-corrected chi connectivity index (χ0v) is 20.4. The molecule has 0 radical (unpaired) electrons. The number of benzene rings is 2. The largest absolute Gasteiger partial charge is 0.346 e. The van der Waals surface area contributed by atoms with Crippen LogP contribution < -0.4 is 0 Å². The van der Waals surface area contributed by atoms with E-state index in [9.17, 15) is 8.42 Å². The van der Waals surface area contributed by atoms with Crippen LogP contribution in [0.25, 0.3) is 0 Å². The highest BCUT2D eigenvalue weighted by Gasteiger charge is 2.33. The molecule has 1 aliphatic carbocycles. The third kappa shape index (κ3) is 5.25. The Morgan fingerprint density at radius 2 is 1.68 bits per heavy atom. The molecule has 4 rings (SSSR count). The number of hydrogen-bond acceptors (Lipinski definition) is 2. The molecule has 1 aliphatic rings. The molecular weight excluding hydrogens is 496 g/mol. The fraction of sp³-hybridized carbons (Fsp3) is 0.333. The van der Waals surface area contributed by atoms with Crippen molar-refractivity contribution < 1.29 is 8.42 Å². The number of aromatic nitrogens is 1. The third-order valence-electron chi connectivity index (χ3n) is 5.94. The van der Waals surface area contributed by atoms with Crippen molar-refractivity contribution in [1.82, 2.24) is 8.87 Å². The Kier molecular flexibility index (Phi) is 7.22. The van der Waals surface area contributed by atoms with Gasteiger partial charge in [0.15, 0.2) is 0 Å². The van der Waals surface area contributed by atoms with E-state index in [-0.39, 0.29) is 6.04 Å². The van der Waals surface area contributed by atoms with E-state index in [1.165, 1.54) is 6.42 Å². The maximum Gasteiger partial charge on any atom is 0.243 e. The molecule has 0 atom stereocenters. The van der Waals surface area contributed by atoms with Gasteiger partial charge < -0.3 is 4.57 Å². The van der Waals surface area contributed by atoms with Gasteiger partial charge in [0.05, 0.1) is 11.4 Å². The molecule has 7 heteroatoms. The molecule has 1 heterocycles. The molecule has 0 saturated heterocycles. The number of sulfonamides is 1. The Labute approximate surface area is 198 Å². The predicted molar refractivity (Wildman–Crippen MR) is 129 cm³/mol. The summed E-state index contributed by atoms with van der Waals surface area (Å²) >= 11 is 9.76. The molecular formula is C24H26BrClN2O2S. The second-order valence-corrected chi connectivity index (χ2v) is 11.2. The van der Waals surface area contributed by atoms with Crippen LogP contribution in [0.1, 0.15) is 43.4 Å². The summed E-state index contributed by atoms with van der Waals surface area (Å²) in [6.07, 6.45) is 7.10. The van der Waals surface area contributed by atoms with Gasteiger partial charge in [-0.3, -0.25) is 0 Å². The first-order valence-corrected chi connectivity index (χ1v) is 13.2. The highest BCUT2D eigenvalue weighted by Crippen LogP contribution is 2.30. The van der Waals surface area contributed by atoms with Crippen molar-refractivity contribution in [3.63, 3.8) is 0 Å². The minimum atomic E-state index is -3.62. The number of rotatable bonds is 7. The van der Waals surface area contributed by atoms with Crippen LogP contribution in [0.15, 0.2) is 76.2 Å². The molecule has 0 N–H and O–H groups in total. The van der Waals surface area contributed by atoms with Crippen molar-refractivity contribution in [2.24, 2.45) is 0 Å². The van der Waals surface area contributed by atoms with Crippen LogP contribution in [0.2, 0.25) is 5.02 Å². The van der Waals surface area contributed by atoms with E-state index in [2.05, 4.69) is 20.5 Å². The molecule has 0 bridgehead atoms. The number of halogens is 2. The maximum absolute atomic E-state index is 13.7. The predicted octanol–water partition coefficient (Wildman–Crippen LogP) is 6.48. The minimum Gasteiger partial charge on any atom is -0.346 e. The van der Waals surface area contributed by atoms with Gasteiger partial charge in [-0.1, -0.05) is 65.0 Å². The highest BCUT2D eigenvalue weighted by atomic mass is 79.9. The second kappa shape index (κ2) is 9.90. The van der Waals surface area contributed by atoms with Crippen molar-refractivity contribution in [3.05, 3.63) is 87.6 Å². The average molecular weight is 522 g/mol. The van der Waals surface area contributed by atoms with Gasteiger partial charge in [-0.15, -0.1) is 0 Å². The number of nitrogens with zero attached hydrogens (tertiary/aromatic N) is 2. The van der Waals surface area contributed by atoms with Crippen LogP contribution in [-0.2, 0) is 23.1 Å². The van der Waals surface area contributed by atoms with E-state index in [0.29, 0.717) is 23.0 Å². The maximum atomic E-state index is 13.7. The summed E-state index contributed by atoms with van der Waals surface area (Å²) in [4.78, 5) is 0.338. The monoisotopic (exact) mass is 520 g/mol. The van der Waals surface area contributed by atoms with E-state index < -0.39 is 10.0 Å². The molecule has 0 aliphatic heterocycles. The van der Waals surface area contributed by atoms with Gasteiger partial charge in [-0.2, -0.15) is 4.31 Å². The summed E-state index contributed by atoms with van der Waals surface area (Å²) in [5, 5.41) is 0.716. The van der Waals surface area contributed by atoms with Gasteiger partial charge in [-0.25, -0.2) is 8.42 Å². The van der Waals surface area contributed by atoms with E-state index in [0.717, 1.165) is 41.4 Å². The lowest BCUT2D eigenvalue weighted by atomic mass is 9.95. The summed E-state index contributed by atoms with van der Waals surface area (Å²) < 4.78 is 32.0. The summed E-state index contributed by atoms with van der Waals surface area (Å²) in [7, 11) is -3.62. The molecule has 164 valence electrons. The summed E-state index contributed by atoms with van der Waals surface area (Å²) in [6.45, 7) is 0.958. The average Bonchev–Trinajstić information content (AvgIpc) is 3.21. The molecule has 2 aromatic carbocycles. The highest BCUT2D eigenvalue weighted by molar-refractivity contribution is 9.10. The van der Waals surface area contributed by atoms with Gasteiger partial charge >= 0.3 is 0 Å². The van der Waals surface area contributed by atoms with E-state index in [4.69, 9.17) is 11.6 Å². The van der Waals surface area contributed by atoms with Crippen molar-refractivity contribution >= 4 is 37.6 Å². The molecule has 4 nitrogen and oxygen atoms in total. The molecule has 1 aromatic heterocycles. The zero-order chi connectivity index (χ0) is 21.8. The lowest BCUT2D eigenvalue weighted by molar-refractivity contribution is 0.244. The van der Waals surface area contributed by atoms with Crippen LogP contribution in [0, 0.1) is 0 Å². The third-order valence-corrected chi connectivity index (χ3v) is 8.75. The van der Waals surface area contributed by atoms with Crippen molar-refractivity contribution in [1.29, 1.82) is 0 Å². The fourth-order valence-electron chi connectivity index (χ4n) is 4.24. The molecule has 0 spiro atoms. The van der Waals surface area contributed by atoms with Crippen LogP contribution in [0.3, 0.4) is 0 Å². The van der Waals surface area contributed by atoms with E-state index >= 15 is 0 Å². The van der Waals surface area contributed by atoms with Gasteiger partial charge in [0.1, 0.15) is 0 Å². The summed E-state index contributed by atoms with van der Waals surface area (Å²) in [5.74, 6) is 0. The van der Waals surface area contributed by atoms with Gasteiger partial charge in [0.2, 0.25) is 10.0 Å². The van der Waals surface area contributed by atoms with Crippen molar-refractivity contribution in [3.8, 4) is 0 Å². The Morgan fingerprint density at radius 1 is 0.968 bits per heavy atom. The van der Waals surface area contributed by atoms with E-state index in [1.807, 2.05) is 42.6 Å². The molecule has 0 amide bonds. The first-order valence-electron chi connectivity index (χ1n) is 10.6. The van der Waals surface area contributed by atoms with E-state index in [1.54, 1.807) is 28.6 Å². The summed E-state index contributed by atoms with van der Waals surface area (Å²) in [6, 6.07) is 18.7. The molecule has 1 saturated carbocycles. The number of hydrogen-bond donors (Lipinski definition) is 0. The van der Waals surface area contributed by atoms with Crippen molar-refractivity contribution in [2.45, 2.75) is 56.1 Å². The lowest BCUT2D eigenvalue weighted by Gasteiger charge is -2.33. The standard InChI is InChI=1S/C24H26BrClN2O2S/c25-20-12-14-23(15-13-20)31(29,30)28(21-8-2-1-3-9-21)18-22-10-6-16-27(22)17-19-7-4-5-11-24(19)26/h4-7,10-16,21H,1-3,8-9,17-18H2. The smallest absolute Gasteiger partial charge is 0.243 e. The quantitative estimate of drug-likeness (QED) is 0.357. The second-order valence-electron chi connectivity index (χ2n) is 8.01. The molecule has 3 aromatic rings. The topological polar surface area (TPSA) is 42.3 Å². The Hall–Kier alpha value is -1.60. The molecule has 31 heavy (non-hydrogen) atoms. The Bertz CT molecular complexity index is 1120. The normalized spacial score (nSPS) is 15.5. The SMILES string of the molecule is O=S(=O)(c1ccc(Br)cc1)N(Cc1cccn1Cc1ccccc1Cl)C1CCCCC1. The van der Waals surface area contributed by atoms with Crippen LogP contribution in [0.4, 0.5) is 0 Å². The molecule has 1 fully saturated rings. The van der Waals surface area contributed by atoms with Gasteiger partial charge in [0.25, 0.3) is 0 Å². The lowest BCUT2D eigenvalue weighted by Crippen LogP contribution is -2.41. The minimum absolute atomic E-state index is 0.0195. The van der Waals surface area contributed by atoms with Gasteiger partial charge in [0, 0.05) is 34.0 Å². The Balaban J connectivity index is 1.65. The first kappa shape index (κ1) is 22.6. The van der Waals surface area contributed by atoms with Crippen molar-refractivity contribution in [2.75, 3.05) is 0 Å². The Morgan fingerprint density at radius 3 is 2.39 bits per heavy atom. The fourth-order valence-corrected chi connectivity index (χ4v) is 6.35. The summed E-state index contributed by atoms with van der Waals surface area (Å²) in [5.41, 5.74) is 1.98. The van der Waals surface area contributed by atoms with Crippen LogP contribution >= 0.6 is 27.5 Å². The first-order chi connectivity index (χ1) is 14.9. The molecule has 0 unspecified atom stereocenters.